The molecule has 0 atom stereocenters. The Morgan fingerprint density at radius 2 is 2.14 bits per heavy atom. The van der Waals surface area contributed by atoms with Gasteiger partial charge in [0.25, 0.3) is 0 Å². The molecular weight excluding hydrogens is 192 g/mol. The number of nitrogens with two attached hydrogens (primary N) is 1. The van der Waals surface area contributed by atoms with Gasteiger partial charge in [0.1, 0.15) is 0 Å². The van der Waals surface area contributed by atoms with Gasteiger partial charge in [-0.1, -0.05) is 12.1 Å². The minimum atomic E-state index is -0.127. The Labute approximate surface area is 86.7 Å². The van der Waals surface area contributed by atoms with Crippen LogP contribution in [0.5, 0.6) is 0 Å². The molecule has 1 fully saturated rings. The molecule has 1 aromatic carbocycles. The van der Waals surface area contributed by atoms with Crippen LogP contribution in [-0.2, 0) is 5.54 Å². The summed E-state index contributed by atoms with van der Waals surface area (Å²) in [5.74, 6) is 0. The van der Waals surface area contributed by atoms with Gasteiger partial charge < -0.3 is 11.1 Å². The zero-order chi connectivity index (χ0) is 9.60. The monoisotopic (exact) mass is 204 g/mol. The summed E-state index contributed by atoms with van der Waals surface area (Å²) in [5.41, 5.74) is 7.35. The standard InChI is InChI=1S/C11H12N2S/c12-11(6-13-7-11)9-2-1-8-3-4-14-10(8)5-9/h1-5,13H,6-7,12H2. The lowest BCUT2D eigenvalue weighted by molar-refractivity contribution is 0.287. The van der Waals surface area contributed by atoms with Crippen molar-refractivity contribution in [1.82, 2.24) is 5.32 Å². The molecule has 3 N–H and O–H groups in total. The van der Waals surface area contributed by atoms with Gasteiger partial charge in [-0.25, -0.2) is 0 Å². The van der Waals surface area contributed by atoms with E-state index in [0.717, 1.165) is 13.1 Å². The Kier molecular flexibility index (Phi) is 1.68. The number of rotatable bonds is 1. The normalized spacial score (nSPS) is 19.5. The van der Waals surface area contributed by atoms with Gasteiger partial charge in [0.2, 0.25) is 0 Å². The van der Waals surface area contributed by atoms with E-state index < -0.39 is 0 Å². The van der Waals surface area contributed by atoms with Crippen molar-refractivity contribution in [2.24, 2.45) is 5.73 Å². The van der Waals surface area contributed by atoms with Gasteiger partial charge >= 0.3 is 0 Å². The molecule has 2 heterocycles. The van der Waals surface area contributed by atoms with Crippen molar-refractivity contribution in [2.45, 2.75) is 5.54 Å². The predicted molar refractivity (Wildman–Crippen MR) is 60.6 cm³/mol. The van der Waals surface area contributed by atoms with E-state index in [2.05, 4.69) is 35.0 Å². The first-order chi connectivity index (χ1) is 6.78. The Morgan fingerprint density at radius 3 is 2.86 bits per heavy atom. The molecule has 0 radical (unpaired) electrons. The van der Waals surface area contributed by atoms with Crippen LogP contribution in [0.25, 0.3) is 10.1 Å². The summed E-state index contributed by atoms with van der Waals surface area (Å²) in [6.07, 6.45) is 0. The highest BCUT2D eigenvalue weighted by Gasteiger charge is 2.34. The summed E-state index contributed by atoms with van der Waals surface area (Å²) in [6, 6.07) is 8.68. The summed E-state index contributed by atoms with van der Waals surface area (Å²) in [4.78, 5) is 0. The first-order valence-electron chi connectivity index (χ1n) is 4.75. The fourth-order valence-corrected chi connectivity index (χ4v) is 2.69. The zero-order valence-electron chi connectivity index (χ0n) is 7.79. The van der Waals surface area contributed by atoms with E-state index in [1.54, 1.807) is 11.3 Å². The molecule has 3 rings (SSSR count). The van der Waals surface area contributed by atoms with E-state index in [1.165, 1.54) is 15.6 Å². The minimum absolute atomic E-state index is 0.127. The Hall–Kier alpha value is -0.900. The van der Waals surface area contributed by atoms with Gasteiger partial charge in [0.05, 0.1) is 5.54 Å². The molecule has 0 aliphatic carbocycles. The van der Waals surface area contributed by atoms with E-state index in [9.17, 15) is 0 Å². The molecule has 0 saturated carbocycles. The summed E-state index contributed by atoms with van der Waals surface area (Å²) >= 11 is 1.78. The maximum atomic E-state index is 6.23. The summed E-state index contributed by atoms with van der Waals surface area (Å²) in [6.45, 7) is 1.79. The van der Waals surface area contributed by atoms with Gasteiger partial charge in [-0.2, -0.15) is 0 Å². The molecule has 0 spiro atoms. The van der Waals surface area contributed by atoms with Gasteiger partial charge in [-0.3, -0.25) is 0 Å². The van der Waals surface area contributed by atoms with Crippen LogP contribution in [0.3, 0.4) is 0 Å². The topological polar surface area (TPSA) is 38.0 Å². The highest BCUT2D eigenvalue weighted by Crippen LogP contribution is 2.28. The molecule has 2 aromatic rings. The third-order valence-corrected chi connectivity index (χ3v) is 3.79. The Balaban J connectivity index is 2.13. The molecule has 2 nitrogen and oxygen atoms in total. The molecule has 1 aliphatic rings. The summed E-state index contributed by atoms with van der Waals surface area (Å²) in [7, 11) is 0. The zero-order valence-corrected chi connectivity index (χ0v) is 8.60. The van der Waals surface area contributed by atoms with Crippen molar-refractivity contribution in [3.05, 3.63) is 35.2 Å². The first kappa shape index (κ1) is 8.41. The molecule has 1 aliphatic heterocycles. The molecule has 14 heavy (non-hydrogen) atoms. The molecule has 1 saturated heterocycles. The summed E-state index contributed by atoms with van der Waals surface area (Å²) in [5, 5.41) is 6.66. The lowest BCUT2D eigenvalue weighted by atomic mass is 9.85. The van der Waals surface area contributed by atoms with E-state index in [0.29, 0.717) is 0 Å². The number of benzene rings is 1. The molecule has 0 unspecified atom stereocenters. The number of hydrogen-bond donors (Lipinski definition) is 2. The van der Waals surface area contributed by atoms with Crippen molar-refractivity contribution >= 4 is 21.4 Å². The molecular formula is C11H12N2S. The van der Waals surface area contributed by atoms with E-state index in [1.807, 2.05) is 0 Å². The van der Waals surface area contributed by atoms with Crippen molar-refractivity contribution in [3.63, 3.8) is 0 Å². The number of nitrogens with one attached hydrogen (secondary N) is 1. The molecule has 0 bridgehead atoms. The van der Waals surface area contributed by atoms with Gasteiger partial charge in [0, 0.05) is 17.8 Å². The third kappa shape index (κ3) is 1.10. The number of thiophene rings is 1. The molecule has 0 amide bonds. The van der Waals surface area contributed by atoms with Gasteiger partial charge in [-0.05, 0) is 28.5 Å². The number of hydrogen-bond acceptors (Lipinski definition) is 3. The largest absolute Gasteiger partial charge is 0.319 e. The Bertz CT molecular complexity index is 471. The van der Waals surface area contributed by atoms with Crippen molar-refractivity contribution in [3.8, 4) is 0 Å². The molecule has 1 aromatic heterocycles. The lowest BCUT2D eigenvalue weighted by Gasteiger charge is -2.39. The maximum absolute atomic E-state index is 6.23. The van der Waals surface area contributed by atoms with Crippen LogP contribution >= 0.6 is 11.3 Å². The first-order valence-corrected chi connectivity index (χ1v) is 5.63. The minimum Gasteiger partial charge on any atom is -0.319 e. The molecule has 72 valence electrons. The van der Waals surface area contributed by atoms with Crippen LogP contribution in [0.4, 0.5) is 0 Å². The second kappa shape index (κ2) is 2.79. The third-order valence-electron chi connectivity index (χ3n) is 2.91. The summed E-state index contributed by atoms with van der Waals surface area (Å²) < 4.78 is 1.33. The van der Waals surface area contributed by atoms with E-state index in [-0.39, 0.29) is 5.54 Å². The van der Waals surface area contributed by atoms with Crippen LogP contribution in [0.1, 0.15) is 5.56 Å². The van der Waals surface area contributed by atoms with Crippen LogP contribution in [0, 0.1) is 0 Å². The SMILES string of the molecule is NC1(c2ccc3ccsc3c2)CNC1. The second-order valence-corrected chi connectivity index (χ2v) is 4.88. The van der Waals surface area contributed by atoms with Crippen molar-refractivity contribution in [2.75, 3.05) is 13.1 Å². The average Bonchev–Trinajstić information content (AvgIpc) is 2.60. The van der Waals surface area contributed by atoms with Crippen molar-refractivity contribution in [1.29, 1.82) is 0 Å². The van der Waals surface area contributed by atoms with Gasteiger partial charge in [-0.15, -0.1) is 11.3 Å². The Morgan fingerprint density at radius 1 is 1.29 bits per heavy atom. The molecule has 3 heteroatoms. The second-order valence-electron chi connectivity index (χ2n) is 3.93. The van der Waals surface area contributed by atoms with Crippen LogP contribution < -0.4 is 11.1 Å². The lowest BCUT2D eigenvalue weighted by Crippen LogP contribution is -2.62. The van der Waals surface area contributed by atoms with Crippen LogP contribution in [0.2, 0.25) is 0 Å². The maximum Gasteiger partial charge on any atom is 0.0662 e. The smallest absolute Gasteiger partial charge is 0.0662 e. The van der Waals surface area contributed by atoms with E-state index >= 15 is 0 Å². The highest BCUT2D eigenvalue weighted by atomic mass is 32.1. The van der Waals surface area contributed by atoms with Crippen LogP contribution in [0.15, 0.2) is 29.6 Å². The number of fused-ring (bicyclic) bond motifs is 1. The quantitative estimate of drug-likeness (QED) is 0.741. The fourth-order valence-electron chi connectivity index (χ4n) is 1.86. The van der Waals surface area contributed by atoms with Crippen LogP contribution in [-0.4, -0.2) is 13.1 Å². The van der Waals surface area contributed by atoms with Crippen molar-refractivity contribution < 1.29 is 0 Å². The van der Waals surface area contributed by atoms with E-state index in [4.69, 9.17) is 5.73 Å². The predicted octanol–water partition coefficient (Wildman–Crippen LogP) is 1.66. The highest BCUT2D eigenvalue weighted by molar-refractivity contribution is 7.17. The fraction of sp³-hybridized carbons (Fsp3) is 0.273. The van der Waals surface area contributed by atoms with Gasteiger partial charge in [0.15, 0.2) is 0 Å². The average molecular weight is 204 g/mol.